The van der Waals surface area contributed by atoms with Crippen LogP contribution in [0.15, 0.2) is 18.2 Å². The molecule has 2 N–H and O–H groups in total. The molecule has 94 valence electrons. The van der Waals surface area contributed by atoms with Gasteiger partial charge in [0.2, 0.25) is 5.91 Å². The molecule has 0 unspecified atom stereocenters. The number of aliphatic carboxylic acids is 1. The van der Waals surface area contributed by atoms with Gasteiger partial charge >= 0.3 is 5.97 Å². The molecule has 0 spiro atoms. The highest BCUT2D eigenvalue weighted by Gasteiger charge is 2.41. The fourth-order valence-electron chi connectivity index (χ4n) is 2.65. The van der Waals surface area contributed by atoms with Crippen LogP contribution in [-0.2, 0) is 16.0 Å². The van der Waals surface area contributed by atoms with Gasteiger partial charge in [-0.3, -0.25) is 9.59 Å². The van der Waals surface area contributed by atoms with Gasteiger partial charge in [-0.2, -0.15) is 0 Å². The maximum absolute atomic E-state index is 11.5. The fourth-order valence-corrected chi connectivity index (χ4v) is 2.65. The summed E-state index contributed by atoms with van der Waals surface area (Å²) in [5.74, 6) is -1.87. The van der Waals surface area contributed by atoms with Crippen molar-refractivity contribution in [1.82, 2.24) is 5.32 Å². The lowest BCUT2D eigenvalue weighted by Crippen LogP contribution is -2.26. The fraction of sp³-hybridized carbons (Fsp3) is 0.385. The van der Waals surface area contributed by atoms with Gasteiger partial charge in [0.05, 0.1) is 6.61 Å². The van der Waals surface area contributed by atoms with Crippen molar-refractivity contribution in [3.63, 3.8) is 0 Å². The normalized spacial score (nSPS) is 25.4. The highest BCUT2D eigenvalue weighted by Crippen LogP contribution is 2.34. The van der Waals surface area contributed by atoms with Crippen LogP contribution in [0.3, 0.4) is 0 Å². The summed E-state index contributed by atoms with van der Waals surface area (Å²) < 4.78 is 5.41. The molecule has 2 aliphatic rings. The molecule has 0 saturated carbocycles. The van der Waals surface area contributed by atoms with Gasteiger partial charge in [0.25, 0.3) is 0 Å². The Morgan fingerprint density at radius 1 is 1.44 bits per heavy atom. The van der Waals surface area contributed by atoms with Crippen LogP contribution in [0.2, 0.25) is 0 Å². The minimum atomic E-state index is -1.06. The lowest BCUT2D eigenvalue weighted by Gasteiger charge is -2.14. The summed E-state index contributed by atoms with van der Waals surface area (Å²) in [6, 6.07) is 5.67. The van der Waals surface area contributed by atoms with E-state index in [2.05, 4.69) is 5.32 Å². The lowest BCUT2D eigenvalue weighted by atomic mass is 9.87. The van der Waals surface area contributed by atoms with E-state index < -0.39 is 17.8 Å². The number of fused-ring (bicyclic) bond motifs is 1. The molecule has 2 heterocycles. The zero-order valence-corrected chi connectivity index (χ0v) is 9.68. The molecule has 1 aromatic carbocycles. The summed E-state index contributed by atoms with van der Waals surface area (Å²) >= 11 is 0. The predicted molar refractivity (Wildman–Crippen MR) is 62.5 cm³/mol. The number of nitrogens with one attached hydrogen (secondary N) is 1. The standard InChI is InChI=1S/C13H13NO4/c15-12-11(13(16)17)9(6-14-12)7-1-2-10-8(5-7)3-4-18-10/h1-2,5,9,11H,3-4,6H2,(H,14,15)(H,16,17)/t9-,11-/m0/s1. The van der Waals surface area contributed by atoms with Gasteiger partial charge < -0.3 is 15.2 Å². The molecule has 5 heteroatoms. The number of hydrogen-bond donors (Lipinski definition) is 2. The number of carboxylic acids is 1. The smallest absolute Gasteiger partial charge is 0.316 e. The summed E-state index contributed by atoms with van der Waals surface area (Å²) in [5, 5.41) is 11.7. The Morgan fingerprint density at radius 2 is 2.28 bits per heavy atom. The molecule has 1 saturated heterocycles. The van der Waals surface area contributed by atoms with Crippen LogP contribution in [-0.4, -0.2) is 30.1 Å². The molecule has 0 bridgehead atoms. The van der Waals surface area contributed by atoms with Crippen molar-refractivity contribution >= 4 is 11.9 Å². The predicted octanol–water partition coefficient (Wildman–Crippen LogP) is 0.536. The Hall–Kier alpha value is -2.04. The second-order valence-corrected chi connectivity index (χ2v) is 4.63. The van der Waals surface area contributed by atoms with Gasteiger partial charge in [0.15, 0.2) is 0 Å². The maximum atomic E-state index is 11.5. The molecule has 2 atom stereocenters. The summed E-state index contributed by atoms with van der Waals surface area (Å²) in [5.41, 5.74) is 1.99. The first kappa shape index (κ1) is 11.1. The van der Waals surface area contributed by atoms with Crippen molar-refractivity contribution in [2.45, 2.75) is 12.3 Å². The van der Waals surface area contributed by atoms with Crippen molar-refractivity contribution in [2.75, 3.05) is 13.2 Å². The van der Waals surface area contributed by atoms with E-state index in [4.69, 9.17) is 9.84 Å². The molecule has 5 nitrogen and oxygen atoms in total. The highest BCUT2D eigenvalue weighted by atomic mass is 16.5. The van der Waals surface area contributed by atoms with Gasteiger partial charge in [-0.25, -0.2) is 0 Å². The molecule has 3 rings (SSSR count). The first-order valence-electron chi connectivity index (χ1n) is 5.93. The third kappa shape index (κ3) is 1.63. The highest BCUT2D eigenvalue weighted by molar-refractivity contribution is 5.99. The Kier molecular flexibility index (Phi) is 2.47. The Balaban J connectivity index is 1.95. The molecular weight excluding hydrogens is 234 g/mol. The minimum absolute atomic E-state index is 0.291. The molecule has 1 fully saturated rings. The van der Waals surface area contributed by atoms with E-state index in [-0.39, 0.29) is 5.92 Å². The minimum Gasteiger partial charge on any atom is -0.493 e. The van der Waals surface area contributed by atoms with E-state index in [0.717, 1.165) is 23.3 Å². The van der Waals surface area contributed by atoms with Gasteiger partial charge in [-0.05, 0) is 17.2 Å². The first-order valence-corrected chi connectivity index (χ1v) is 5.93. The van der Waals surface area contributed by atoms with Crippen LogP contribution in [0.25, 0.3) is 0 Å². The van der Waals surface area contributed by atoms with Crippen molar-refractivity contribution in [3.8, 4) is 5.75 Å². The van der Waals surface area contributed by atoms with Gasteiger partial charge in [0.1, 0.15) is 11.7 Å². The Morgan fingerprint density at radius 3 is 3.06 bits per heavy atom. The number of carbonyl (C=O) groups excluding carboxylic acids is 1. The summed E-state index contributed by atoms with van der Waals surface area (Å²) in [6.07, 6.45) is 0.842. The molecule has 1 aromatic rings. The summed E-state index contributed by atoms with van der Waals surface area (Å²) in [4.78, 5) is 22.7. The van der Waals surface area contributed by atoms with E-state index in [1.165, 1.54) is 0 Å². The van der Waals surface area contributed by atoms with E-state index in [1.54, 1.807) is 0 Å². The van der Waals surface area contributed by atoms with E-state index in [0.29, 0.717) is 13.2 Å². The number of rotatable bonds is 2. The third-order valence-corrected chi connectivity index (χ3v) is 3.59. The zero-order chi connectivity index (χ0) is 12.7. The van der Waals surface area contributed by atoms with Crippen LogP contribution in [0.1, 0.15) is 17.0 Å². The van der Waals surface area contributed by atoms with Crippen LogP contribution < -0.4 is 10.1 Å². The van der Waals surface area contributed by atoms with Crippen LogP contribution in [0.5, 0.6) is 5.75 Å². The number of carboxylic acid groups (broad SMARTS) is 1. The Bertz CT molecular complexity index is 526. The van der Waals surface area contributed by atoms with Crippen LogP contribution in [0, 0.1) is 5.92 Å². The van der Waals surface area contributed by atoms with E-state index in [9.17, 15) is 9.59 Å². The monoisotopic (exact) mass is 247 g/mol. The van der Waals surface area contributed by atoms with Gasteiger partial charge in [-0.15, -0.1) is 0 Å². The SMILES string of the molecule is O=C(O)[C@@H]1C(=O)NC[C@H]1c1ccc2c(c1)CCO2. The summed E-state index contributed by atoms with van der Waals surface area (Å²) in [6.45, 7) is 1.05. The number of hydrogen-bond acceptors (Lipinski definition) is 3. The van der Waals surface area contributed by atoms with Crippen molar-refractivity contribution in [3.05, 3.63) is 29.3 Å². The molecule has 0 radical (unpaired) electrons. The summed E-state index contributed by atoms with van der Waals surface area (Å²) in [7, 11) is 0. The van der Waals surface area contributed by atoms with Crippen molar-refractivity contribution < 1.29 is 19.4 Å². The molecular formula is C13H13NO4. The van der Waals surface area contributed by atoms with Crippen LogP contribution >= 0.6 is 0 Å². The Labute approximate surface area is 104 Å². The number of amides is 1. The van der Waals surface area contributed by atoms with Crippen LogP contribution in [0.4, 0.5) is 0 Å². The van der Waals surface area contributed by atoms with Gasteiger partial charge in [-0.1, -0.05) is 12.1 Å². The molecule has 18 heavy (non-hydrogen) atoms. The largest absolute Gasteiger partial charge is 0.493 e. The zero-order valence-electron chi connectivity index (χ0n) is 9.68. The lowest BCUT2D eigenvalue weighted by molar-refractivity contribution is -0.145. The number of ether oxygens (including phenoxy) is 1. The maximum Gasteiger partial charge on any atom is 0.316 e. The average Bonchev–Trinajstić information content (AvgIpc) is 2.93. The molecule has 0 aromatic heterocycles. The topological polar surface area (TPSA) is 75.6 Å². The van der Waals surface area contributed by atoms with Crippen molar-refractivity contribution in [2.24, 2.45) is 5.92 Å². The third-order valence-electron chi connectivity index (χ3n) is 3.59. The average molecular weight is 247 g/mol. The van der Waals surface area contributed by atoms with E-state index >= 15 is 0 Å². The quantitative estimate of drug-likeness (QED) is 0.748. The molecule has 2 aliphatic heterocycles. The second-order valence-electron chi connectivity index (χ2n) is 4.63. The second kappa shape index (κ2) is 4.01. The first-order chi connectivity index (χ1) is 8.66. The molecule has 0 aliphatic carbocycles. The van der Waals surface area contributed by atoms with E-state index in [1.807, 2.05) is 18.2 Å². The number of carbonyl (C=O) groups is 2. The number of benzene rings is 1. The van der Waals surface area contributed by atoms with Crippen molar-refractivity contribution in [1.29, 1.82) is 0 Å². The van der Waals surface area contributed by atoms with Gasteiger partial charge in [0, 0.05) is 18.9 Å². The molecule has 1 amide bonds.